The van der Waals surface area contributed by atoms with Crippen molar-refractivity contribution in [2.75, 3.05) is 10.8 Å². The molecule has 0 atom stereocenters. The third kappa shape index (κ3) is 2.51. The minimum atomic E-state index is -0.490. The average Bonchev–Trinajstić information content (AvgIpc) is 2.78. The van der Waals surface area contributed by atoms with E-state index in [1.165, 1.54) is 12.3 Å². The molecule has 0 saturated carbocycles. The summed E-state index contributed by atoms with van der Waals surface area (Å²) in [5.41, 5.74) is -0.0425. The van der Waals surface area contributed by atoms with E-state index >= 15 is 0 Å². The van der Waals surface area contributed by atoms with E-state index in [0.29, 0.717) is 11.7 Å². The molecule has 0 fully saturated rings. The van der Waals surface area contributed by atoms with Crippen molar-refractivity contribution in [1.82, 2.24) is 4.98 Å². The van der Waals surface area contributed by atoms with Gasteiger partial charge in [0.15, 0.2) is 0 Å². The van der Waals surface area contributed by atoms with Crippen molar-refractivity contribution in [2.24, 2.45) is 0 Å². The van der Waals surface area contributed by atoms with Gasteiger partial charge in [-0.3, -0.25) is 10.1 Å². The molecule has 86 valence electrons. The van der Waals surface area contributed by atoms with Crippen LogP contribution in [0.1, 0.15) is 0 Å². The standard InChI is InChI=1S/C9H6N4O2S2/c10-5-17-9-4-16-6-12(9)8-2-1-7(3-11-8)13(14)15/h1-4H,6H2. The first-order valence-corrected chi connectivity index (χ1v) is 6.34. The Morgan fingerprint density at radius 3 is 3.06 bits per heavy atom. The van der Waals surface area contributed by atoms with Crippen molar-refractivity contribution in [3.05, 3.63) is 38.9 Å². The van der Waals surface area contributed by atoms with Gasteiger partial charge in [-0.25, -0.2) is 4.98 Å². The molecule has 0 amide bonds. The molecule has 2 rings (SSSR count). The fourth-order valence-corrected chi connectivity index (χ4v) is 2.87. The highest BCUT2D eigenvalue weighted by atomic mass is 32.2. The number of hydrogen-bond donors (Lipinski definition) is 0. The topological polar surface area (TPSA) is 83.1 Å². The maximum atomic E-state index is 10.5. The van der Waals surface area contributed by atoms with Gasteiger partial charge in [0, 0.05) is 23.2 Å². The van der Waals surface area contributed by atoms with Crippen LogP contribution in [0.3, 0.4) is 0 Å². The van der Waals surface area contributed by atoms with Crippen molar-refractivity contribution in [1.29, 1.82) is 5.26 Å². The van der Waals surface area contributed by atoms with Crippen molar-refractivity contribution in [3.8, 4) is 5.40 Å². The van der Waals surface area contributed by atoms with Crippen LogP contribution in [0, 0.1) is 20.8 Å². The van der Waals surface area contributed by atoms with E-state index in [1.807, 2.05) is 15.7 Å². The number of nitro groups is 1. The van der Waals surface area contributed by atoms with Gasteiger partial charge in [-0.2, -0.15) is 5.26 Å². The van der Waals surface area contributed by atoms with Crippen molar-refractivity contribution >= 4 is 35.0 Å². The highest BCUT2D eigenvalue weighted by Gasteiger charge is 2.19. The van der Waals surface area contributed by atoms with Gasteiger partial charge in [0.25, 0.3) is 5.69 Å². The van der Waals surface area contributed by atoms with Gasteiger partial charge in [0.1, 0.15) is 17.4 Å². The molecule has 1 aliphatic rings. The highest BCUT2D eigenvalue weighted by Crippen LogP contribution is 2.34. The molecule has 6 nitrogen and oxygen atoms in total. The lowest BCUT2D eigenvalue weighted by Crippen LogP contribution is -2.16. The smallest absolute Gasteiger partial charge is 0.287 e. The number of anilines is 1. The number of rotatable bonds is 3. The summed E-state index contributed by atoms with van der Waals surface area (Å²) in [5, 5.41) is 23.8. The summed E-state index contributed by atoms with van der Waals surface area (Å²) in [7, 11) is 0. The number of nitrogens with zero attached hydrogens (tertiary/aromatic N) is 4. The SMILES string of the molecule is N#CSC1=CSCN1c1ccc([N+](=O)[O-])cn1. The predicted octanol–water partition coefficient (Wildman–Crippen LogP) is 2.51. The Labute approximate surface area is 105 Å². The molecule has 2 heterocycles. The zero-order chi connectivity index (χ0) is 12.3. The van der Waals surface area contributed by atoms with Crippen LogP contribution in [-0.2, 0) is 0 Å². The average molecular weight is 266 g/mol. The molecule has 0 saturated heterocycles. The lowest BCUT2D eigenvalue weighted by atomic mass is 10.4. The molecule has 0 aliphatic carbocycles. The molecule has 8 heteroatoms. The first-order chi connectivity index (χ1) is 8.22. The maximum Gasteiger partial charge on any atom is 0.287 e. The Hall–Kier alpha value is -1.72. The highest BCUT2D eigenvalue weighted by molar-refractivity contribution is 8.09. The molecular formula is C9H6N4O2S2. The zero-order valence-electron chi connectivity index (χ0n) is 8.44. The zero-order valence-corrected chi connectivity index (χ0v) is 10.1. The van der Waals surface area contributed by atoms with Crippen LogP contribution in [0.15, 0.2) is 28.8 Å². The molecule has 0 N–H and O–H groups in total. The van der Waals surface area contributed by atoms with E-state index in [1.54, 1.807) is 17.8 Å². The fourth-order valence-electron chi connectivity index (χ4n) is 1.26. The van der Waals surface area contributed by atoms with Crippen LogP contribution in [0.5, 0.6) is 0 Å². The van der Waals surface area contributed by atoms with Crippen molar-refractivity contribution in [3.63, 3.8) is 0 Å². The van der Waals surface area contributed by atoms with Gasteiger partial charge in [-0.05, 0) is 6.07 Å². The molecule has 0 bridgehead atoms. The van der Waals surface area contributed by atoms with E-state index in [-0.39, 0.29) is 5.69 Å². The summed E-state index contributed by atoms with van der Waals surface area (Å²) in [5.74, 6) is 1.27. The fraction of sp³-hybridized carbons (Fsp3) is 0.111. The summed E-state index contributed by atoms with van der Waals surface area (Å²) in [4.78, 5) is 15.9. The number of nitriles is 1. The Bertz CT molecular complexity index is 509. The maximum absolute atomic E-state index is 10.5. The van der Waals surface area contributed by atoms with Gasteiger partial charge < -0.3 is 4.90 Å². The monoisotopic (exact) mass is 266 g/mol. The Kier molecular flexibility index (Phi) is 3.51. The minimum Gasteiger partial charge on any atom is -0.309 e. The van der Waals surface area contributed by atoms with Crippen LogP contribution in [0.2, 0.25) is 0 Å². The lowest BCUT2D eigenvalue weighted by Gasteiger charge is -2.17. The summed E-state index contributed by atoms with van der Waals surface area (Å²) in [6, 6.07) is 2.98. The molecule has 1 aliphatic heterocycles. The molecule has 0 aromatic carbocycles. The second-order valence-electron chi connectivity index (χ2n) is 3.00. The largest absolute Gasteiger partial charge is 0.309 e. The number of hydrogen-bond acceptors (Lipinski definition) is 7. The predicted molar refractivity (Wildman–Crippen MR) is 67.1 cm³/mol. The number of thiocyanates is 1. The summed E-state index contributed by atoms with van der Waals surface area (Å²) < 4.78 is 0. The summed E-state index contributed by atoms with van der Waals surface area (Å²) in [6.45, 7) is 0. The van der Waals surface area contributed by atoms with Crippen molar-refractivity contribution < 1.29 is 4.92 Å². The van der Waals surface area contributed by atoms with Gasteiger partial charge in [0.2, 0.25) is 0 Å². The first-order valence-electron chi connectivity index (χ1n) is 4.48. The Balaban J connectivity index is 2.21. The van der Waals surface area contributed by atoms with E-state index in [2.05, 4.69) is 4.98 Å². The number of aromatic nitrogens is 1. The second kappa shape index (κ2) is 5.07. The summed E-state index contributed by atoms with van der Waals surface area (Å²) in [6.07, 6.45) is 1.22. The van der Waals surface area contributed by atoms with E-state index < -0.39 is 4.92 Å². The molecule has 0 radical (unpaired) electrons. The van der Waals surface area contributed by atoms with Crippen LogP contribution in [0.25, 0.3) is 0 Å². The molecule has 0 spiro atoms. The van der Waals surface area contributed by atoms with Crippen molar-refractivity contribution in [2.45, 2.75) is 0 Å². The van der Waals surface area contributed by atoms with Crippen LogP contribution < -0.4 is 4.90 Å². The molecule has 1 aromatic heterocycles. The molecular weight excluding hydrogens is 260 g/mol. The Morgan fingerprint density at radius 1 is 1.65 bits per heavy atom. The van der Waals surface area contributed by atoms with Crippen LogP contribution in [0.4, 0.5) is 11.5 Å². The first kappa shape index (κ1) is 11.8. The van der Waals surface area contributed by atoms with Crippen LogP contribution >= 0.6 is 23.5 Å². The van der Waals surface area contributed by atoms with Gasteiger partial charge in [-0.1, -0.05) is 0 Å². The third-order valence-electron chi connectivity index (χ3n) is 2.02. The van der Waals surface area contributed by atoms with Gasteiger partial charge >= 0.3 is 0 Å². The van der Waals surface area contributed by atoms with Gasteiger partial charge in [-0.15, -0.1) is 11.8 Å². The summed E-state index contributed by atoms with van der Waals surface area (Å²) >= 11 is 2.60. The van der Waals surface area contributed by atoms with E-state index in [0.717, 1.165) is 16.8 Å². The van der Waals surface area contributed by atoms with E-state index in [9.17, 15) is 10.1 Å². The molecule has 0 unspecified atom stereocenters. The van der Waals surface area contributed by atoms with Crippen LogP contribution in [-0.4, -0.2) is 15.8 Å². The molecule has 1 aromatic rings. The van der Waals surface area contributed by atoms with E-state index in [4.69, 9.17) is 5.26 Å². The van der Waals surface area contributed by atoms with Gasteiger partial charge in [0.05, 0.1) is 15.8 Å². The number of pyridine rings is 1. The normalized spacial score (nSPS) is 14.3. The second-order valence-corrected chi connectivity index (χ2v) is 4.64. The quantitative estimate of drug-likeness (QED) is 0.472. The Morgan fingerprint density at radius 2 is 2.47 bits per heavy atom. The lowest BCUT2D eigenvalue weighted by molar-refractivity contribution is -0.385. The third-order valence-corrected chi connectivity index (χ3v) is 3.61. The minimum absolute atomic E-state index is 0.0425. The molecule has 17 heavy (non-hydrogen) atoms. The number of thioether (sulfide) groups is 2.